The molecule has 0 unspecified atom stereocenters. The van der Waals surface area contributed by atoms with Crippen LogP contribution in [0.2, 0.25) is 0 Å². The van der Waals surface area contributed by atoms with Crippen LogP contribution in [0.15, 0.2) is 36.4 Å². The Bertz CT molecular complexity index is 1370. The Morgan fingerprint density at radius 3 is 1.77 bits per heavy atom. The van der Waals surface area contributed by atoms with Crippen molar-refractivity contribution in [3.8, 4) is 11.5 Å². The molecular formula is C45H66NaO5P. The molecule has 2 aromatic rings. The van der Waals surface area contributed by atoms with Gasteiger partial charge in [-0.2, -0.15) is 0 Å². The monoisotopic (exact) mass is 740 g/mol. The summed E-state index contributed by atoms with van der Waals surface area (Å²) < 4.78 is 19.6. The van der Waals surface area contributed by atoms with Crippen molar-refractivity contribution in [2.75, 3.05) is 0 Å². The van der Waals surface area contributed by atoms with E-state index in [9.17, 15) is 9.59 Å². The van der Waals surface area contributed by atoms with Crippen LogP contribution in [-0.2, 0) is 20.5 Å². The molecule has 0 atom stereocenters. The predicted molar refractivity (Wildman–Crippen MR) is 218 cm³/mol. The average Bonchev–Trinajstić information content (AvgIpc) is 3.12. The normalized spacial score (nSPS) is 16.9. The van der Waals surface area contributed by atoms with Crippen LogP contribution < -0.4 is 9.05 Å². The van der Waals surface area contributed by atoms with E-state index in [2.05, 4.69) is 57.2 Å². The standard InChI is InChI=1S/C45H65O5P.Na.H/c1-4-5-6-7-8-9-10-11-12-19-26-40(46)27-20-21-28-43(47)48-51-49-44-38(29-34(2)31-41(44)36-22-15-13-16-23-36)33-39-30-35(3)32-42(45(39)50-51)37-24-17-14-18-25-37;;/h11-12,29-32,36-37H,4-10,13-28,33H2,1-3H3;;/b12-11-;;. The second-order valence-corrected chi connectivity index (χ2v) is 16.7. The van der Waals surface area contributed by atoms with Gasteiger partial charge in [-0.25, -0.2) is 0 Å². The molecule has 0 saturated heterocycles. The summed E-state index contributed by atoms with van der Waals surface area (Å²) >= 11 is 0. The summed E-state index contributed by atoms with van der Waals surface area (Å²) in [5.41, 5.74) is 7.33. The maximum absolute atomic E-state index is 13.4. The third-order valence-electron chi connectivity index (χ3n) is 11.2. The van der Waals surface area contributed by atoms with Gasteiger partial charge in [-0.1, -0.05) is 125 Å². The van der Waals surface area contributed by atoms with Gasteiger partial charge in [-0.3, -0.25) is 9.59 Å². The first-order chi connectivity index (χ1) is 24.9. The Kier molecular flexibility index (Phi) is 19.3. The summed E-state index contributed by atoms with van der Waals surface area (Å²) in [6, 6.07) is 9.10. The Morgan fingerprint density at radius 1 is 0.673 bits per heavy atom. The number of benzene rings is 2. The molecule has 7 heteroatoms. The summed E-state index contributed by atoms with van der Waals surface area (Å²) in [5.74, 6) is 2.58. The molecule has 0 N–H and O–H groups in total. The first-order valence-corrected chi connectivity index (χ1v) is 21.8. The fraction of sp³-hybridized carbons (Fsp3) is 0.644. The zero-order chi connectivity index (χ0) is 35.8. The van der Waals surface area contributed by atoms with Gasteiger partial charge < -0.3 is 13.6 Å². The molecule has 2 saturated carbocycles. The van der Waals surface area contributed by atoms with Crippen LogP contribution in [0, 0.1) is 13.8 Å². The number of allylic oxidation sites excluding steroid dienone is 2. The summed E-state index contributed by atoms with van der Waals surface area (Å²) in [7, 11) is -2.00. The molecular weight excluding hydrogens is 674 g/mol. The number of hydrogen-bond donors (Lipinski definition) is 0. The number of ketones is 1. The maximum atomic E-state index is 13.4. The zero-order valence-electron chi connectivity index (χ0n) is 32.1. The minimum atomic E-state index is -2.00. The number of carbonyl (C=O) groups excluding carboxylic acids is 2. The first-order valence-electron chi connectivity index (χ1n) is 20.7. The summed E-state index contributed by atoms with van der Waals surface area (Å²) in [5, 5.41) is 0. The van der Waals surface area contributed by atoms with Crippen molar-refractivity contribution in [3.05, 3.63) is 69.8 Å². The van der Waals surface area contributed by atoms with Crippen LogP contribution in [0.4, 0.5) is 0 Å². The van der Waals surface area contributed by atoms with E-state index in [1.54, 1.807) is 0 Å². The Balaban J connectivity index is 0.00000605. The van der Waals surface area contributed by atoms with E-state index in [-0.39, 0.29) is 47.7 Å². The van der Waals surface area contributed by atoms with E-state index in [1.807, 2.05) is 0 Å². The molecule has 1 heterocycles. The van der Waals surface area contributed by atoms with Gasteiger partial charge in [-0.15, -0.1) is 0 Å². The van der Waals surface area contributed by atoms with Gasteiger partial charge in [0.2, 0.25) is 0 Å². The van der Waals surface area contributed by atoms with Crippen LogP contribution in [0.25, 0.3) is 0 Å². The molecule has 0 radical (unpaired) electrons. The van der Waals surface area contributed by atoms with Gasteiger partial charge in [0.05, 0.1) is 0 Å². The number of rotatable bonds is 18. The van der Waals surface area contributed by atoms with Crippen LogP contribution in [0.3, 0.4) is 0 Å². The zero-order valence-corrected chi connectivity index (χ0v) is 33.0. The number of fused-ring (bicyclic) bond motifs is 2. The van der Waals surface area contributed by atoms with Crippen LogP contribution in [0.1, 0.15) is 200 Å². The topological polar surface area (TPSA) is 61.8 Å². The molecule has 0 bridgehead atoms. The van der Waals surface area contributed by atoms with Gasteiger partial charge in [0.1, 0.15) is 17.3 Å². The van der Waals surface area contributed by atoms with Gasteiger partial charge in [0.25, 0.3) is 0 Å². The van der Waals surface area contributed by atoms with Crippen LogP contribution in [-0.4, -0.2) is 41.3 Å². The number of aryl methyl sites for hydroxylation is 2. The molecule has 282 valence electrons. The number of carbonyl (C=O) groups is 2. The van der Waals surface area contributed by atoms with E-state index in [1.165, 1.54) is 110 Å². The Labute approximate surface area is 339 Å². The molecule has 0 amide bonds. The van der Waals surface area contributed by atoms with Crippen molar-refractivity contribution >= 4 is 49.9 Å². The van der Waals surface area contributed by atoms with E-state index < -0.39 is 8.60 Å². The van der Waals surface area contributed by atoms with Crippen molar-refractivity contribution < 1.29 is 23.2 Å². The number of hydrogen-bond acceptors (Lipinski definition) is 5. The second kappa shape index (κ2) is 23.3. The molecule has 3 aliphatic rings. The van der Waals surface area contributed by atoms with Gasteiger partial charge in [0.15, 0.2) is 0 Å². The van der Waals surface area contributed by atoms with Gasteiger partial charge in [-0.05, 0) is 106 Å². The molecule has 1 aliphatic heterocycles. The van der Waals surface area contributed by atoms with E-state index in [0.29, 0.717) is 37.5 Å². The predicted octanol–water partition coefficient (Wildman–Crippen LogP) is 13.1. The number of unbranched alkanes of at least 4 members (excludes halogenated alkanes) is 7. The van der Waals surface area contributed by atoms with E-state index in [0.717, 1.165) is 56.4 Å². The molecule has 5 nitrogen and oxygen atoms in total. The van der Waals surface area contributed by atoms with Crippen LogP contribution in [0.5, 0.6) is 11.5 Å². The van der Waals surface area contributed by atoms with Gasteiger partial charge >= 0.3 is 44.1 Å². The fourth-order valence-electron chi connectivity index (χ4n) is 8.45. The summed E-state index contributed by atoms with van der Waals surface area (Å²) in [6.45, 7) is 6.63. The van der Waals surface area contributed by atoms with E-state index >= 15 is 0 Å². The minimum absolute atomic E-state index is 0. The Hall–Kier alpha value is -1.65. The quantitative estimate of drug-likeness (QED) is 0.0659. The van der Waals surface area contributed by atoms with Crippen molar-refractivity contribution in [3.63, 3.8) is 0 Å². The van der Waals surface area contributed by atoms with Crippen molar-refractivity contribution in [1.82, 2.24) is 0 Å². The molecule has 2 aliphatic carbocycles. The van der Waals surface area contributed by atoms with Gasteiger partial charge in [0, 0.05) is 25.7 Å². The van der Waals surface area contributed by atoms with Crippen LogP contribution >= 0.6 is 8.60 Å². The average molecular weight is 741 g/mol. The van der Waals surface area contributed by atoms with E-state index in [4.69, 9.17) is 13.6 Å². The molecule has 2 fully saturated rings. The SMILES string of the molecule is CCCCCCCC/C=C\CCC(=O)CCCCC(=O)OP1Oc2c(cc(C)cc2C2CCCCC2)Cc2cc(C)cc(C3CCCCC3)c2O1.[NaH]. The fourth-order valence-corrected chi connectivity index (χ4v) is 9.57. The van der Waals surface area contributed by atoms with Crippen molar-refractivity contribution in [1.29, 1.82) is 0 Å². The van der Waals surface area contributed by atoms with Crippen molar-refractivity contribution in [2.24, 2.45) is 0 Å². The first kappa shape index (κ1) is 43.1. The molecule has 2 aromatic carbocycles. The number of Topliss-reactive ketones (excluding diaryl/α,β-unsaturated/α-hetero) is 1. The molecule has 5 rings (SSSR count). The summed E-state index contributed by atoms with van der Waals surface area (Å²) in [4.78, 5) is 25.9. The molecule has 0 spiro atoms. The third-order valence-corrected chi connectivity index (χ3v) is 12.2. The second-order valence-electron chi connectivity index (χ2n) is 15.7. The molecule has 52 heavy (non-hydrogen) atoms. The summed E-state index contributed by atoms with van der Waals surface area (Å²) in [6.07, 6.45) is 29.7. The Morgan fingerprint density at radius 2 is 1.19 bits per heavy atom. The third kappa shape index (κ3) is 13.6. The van der Waals surface area contributed by atoms with Crippen molar-refractivity contribution in [2.45, 2.75) is 187 Å². The molecule has 0 aromatic heterocycles.